The van der Waals surface area contributed by atoms with E-state index in [0.29, 0.717) is 5.92 Å². The van der Waals surface area contributed by atoms with Gasteiger partial charge in [-0.2, -0.15) is 0 Å². The Balaban J connectivity index is 1.56. The van der Waals surface area contributed by atoms with Crippen LogP contribution >= 0.6 is 0 Å². The minimum Gasteiger partial charge on any atom is -0.458 e. The second-order valence-corrected chi connectivity index (χ2v) is 12.0. The number of fused-ring (bicyclic) bond motifs is 3. The summed E-state index contributed by atoms with van der Waals surface area (Å²) < 4.78 is 12.6. The second-order valence-electron chi connectivity index (χ2n) is 12.0. The van der Waals surface area contributed by atoms with E-state index in [1.54, 1.807) is 0 Å². The van der Waals surface area contributed by atoms with Gasteiger partial charge in [-0.15, -0.1) is 0 Å². The van der Waals surface area contributed by atoms with Crippen molar-refractivity contribution in [3.8, 4) is 0 Å². The summed E-state index contributed by atoms with van der Waals surface area (Å²) in [4.78, 5) is 26.2. The molecule has 4 heteroatoms. The van der Waals surface area contributed by atoms with E-state index < -0.39 is 0 Å². The van der Waals surface area contributed by atoms with E-state index in [-0.39, 0.29) is 52.7 Å². The number of ether oxygens (including phenoxy) is 2. The van der Waals surface area contributed by atoms with Crippen LogP contribution in [0.1, 0.15) is 105 Å². The molecule has 0 aromatic rings. The summed E-state index contributed by atoms with van der Waals surface area (Å²) in [5.41, 5.74) is -0.0445. The van der Waals surface area contributed by atoms with Crippen molar-refractivity contribution in [1.29, 1.82) is 0 Å². The highest BCUT2D eigenvalue weighted by atomic mass is 16.6. The van der Waals surface area contributed by atoms with Crippen molar-refractivity contribution in [2.75, 3.05) is 0 Å². The molecule has 0 aliphatic heterocycles. The molecule has 5 rings (SSSR count). The van der Waals surface area contributed by atoms with Crippen LogP contribution in [0.5, 0.6) is 0 Å². The molecule has 0 heterocycles. The largest absolute Gasteiger partial charge is 0.458 e. The van der Waals surface area contributed by atoms with E-state index in [0.717, 1.165) is 64.2 Å². The third-order valence-corrected chi connectivity index (χ3v) is 8.87. The van der Waals surface area contributed by atoms with Crippen molar-refractivity contribution >= 4 is 11.9 Å². The quantitative estimate of drug-likeness (QED) is 0.521. The Kier molecular flexibility index (Phi) is 6.25. The zero-order valence-electron chi connectivity index (χ0n) is 19.6. The summed E-state index contributed by atoms with van der Waals surface area (Å²) in [6.07, 6.45) is 12.2. The van der Waals surface area contributed by atoms with Gasteiger partial charge < -0.3 is 9.47 Å². The average molecular weight is 419 g/mol. The van der Waals surface area contributed by atoms with E-state index in [2.05, 4.69) is 27.7 Å². The van der Waals surface area contributed by atoms with Crippen LogP contribution < -0.4 is 0 Å². The Morgan fingerprint density at radius 3 is 1.77 bits per heavy atom. The van der Waals surface area contributed by atoms with E-state index in [1.165, 1.54) is 12.8 Å². The molecule has 5 saturated carbocycles. The summed E-state index contributed by atoms with van der Waals surface area (Å²) in [6, 6.07) is 0. The highest BCUT2D eigenvalue weighted by Gasteiger charge is 2.64. The molecule has 0 aromatic carbocycles. The van der Waals surface area contributed by atoms with Crippen LogP contribution in [0, 0.1) is 34.5 Å². The van der Waals surface area contributed by atoms with Crippen LogP contribution in [0.15, 0.2) is 0 Å². The van der Waals surface area contributed by atoms with Crippen LogP contribution in [0.3, 0.4) is 0 Å². The number of carbonyl (C=O) groups excluding carboxylic acids is 2. The van der Waals surface area contributed by atoms with E-state index in [1.807, 2.05) is 0 Å². The maximum absolute atomic E-state index is 13.1. The van der Waals surface area contributed by atoms with E-state index >= 15 is 0 Å². The van der Waals surface area contributed by atoms with Crippen molar-refractivity contribution < 1.29 is 19.1 Å². The van der Waals surface area contributed by atoms with Crippen molar-refractivity contribution in [2.45, 2.75) is 117 Å². The van der Waals surface area contributed by atoms with Gasteiger partial charge in [0.15, 0.2) is 0 Å². The summed E-state index contributed by atoms with van der Waals surface area (Å²) >= 11 is 0. The Morgan fingerprint density at radius 1 is 0.767 bits per heavy atom. The minimum atomic E-state index is -0.301. The van der Waals surface area contributed by atoms with Gasteiger partial charge in [0.2, 0.25) is 0 Å². The van der Waals surface area contributed by atoms with Crippen molar-refractivity contribution in [3.05, 3.63) is 0 Å². The summed E-state index contributed by atoms with van der Waals surface area (Å²) in [5, 5.41) is 0. The third kappa shape index (κ3) is 4.17. The monoisotopic (exact) mass is 418 g/mol. The first-order chi connectivity index (χ1) is 14.2. The zero-order valence-corrected chi connectivity index (χ0v) is 19.6. The van der Waals surface area contributed by atoms with Gasteiger partial charge >= 0.3 is 11.9 Å². The molecule has 0 saturated heterocycles. The second kappa shape index (κ2) is 8.47. The van der Waals surface area contributed by atoms with Gasteiger partial charge in [0.25, 0.3) is 0 Å². The van der Waals surface area contributed by atoms with Crippen LogP contribution in [-0.4, -0.2) is 24.1 Å². The molecule has 5 unspecified atom stereocenters. The molecule has 30 heavy (non-hydrogen) atoms. The molecule has 0 radical (unpaired) electrons. The lowest BCUT2D eigenvalue weighted by Crippen LogP contribution is -2.65. The molecule has 0 aromatic heterocycles. The predicted molar refractivity (Wildman–Crippen MR) is 117 cm³/mol. The van der Waals surface area contributed by atoms with Crippen molar-refractivity contribution in [3.63, 3.8) is 0 Å². The van der Waals surface area contributed by atoms with Crippen LogP contribution in [0.4, 0.5) is 0 Å². The zero-order chi connectivity index (χ0) is 21.5. The Morgan fingerprint density at radius 2 is 1.27 bits per heavy atom. The highest BCUT2D eigenvalue weighted by Crippen LogP contribution is 2.62. The summed E-state index contributed by atoms with van der Waals surface area (Å²) in [5.74, 6) is 0.682. The van der Waals surface area contributed by atoms with Gasteiger partial charge in [-0.05, 0) is 49.9 Å². The summed E-state index contributed by atoms with van der Waals surface area (Å²) in [7, 11) is 0. The standard InChI is InChI=1S/C26H42O4/c1-17-15-26(4)16-25(2,3)20(17)21(29-23(27)18-11-7-5-8-12-18)22(26)30-24(28)19-13-9-6-10-14-19/h17-22H,5-16H2,1-4H3. The molecule has 0 amide bonds. The normalized spacial score (nSPS) is 39.5. The topological polar surface area (TPSA) is 52.6 Å². The SMILES string of the molecule is CC1CC2(C)CC(C)(C)C1C(OC(=O)C1CCCCC1)C2OC(=O)C1CCCCC1. The first-order valence-electron chi connectivity index (χ1n) is 12.6. The molecule has 5 atom stereocenters. The molecule has 5 aliphatic carbocycles. The fraction of sp³-hybridized carbons (Fsp3) is 0.923. The van der Waals surface area contributed by atoms with Crippen molar-refractivity contribution in [1.82, 2.24) is 0 Å². The molecule has 0 N–H and O–H groups in total. The van der Waals surface area contributed by atoms with Crippen molar-refractivity contribution in [2.24, 2.45) is 34.5 Å². The van der Waals surface area contributed by atoms with E-state index in [9.17, 15) is 9.59 Å². The maximum atomic E-state index is 13.1. The molecular weight excluding hydrogens is 376 g/mol. The molecule has 2 bridgehead atoms. The van der Waals surface area contributed by atoms with Crippen LogP contribution in [0.25, 0.3) is 0 Å². The third-order valence-electron chi connectivity index (χ3n) is 8.87. The fourth-order valence-corrected chi connectivity index (χ4v) is 7.91. The van der Waals surface area contributed by atoms with Gasteiger partial charge in [-0.1, -0.05) is 66.2 Å². The lowest BCUT2D eigenvalue weighted by molar-refractivity contribution is -0.246. The number of rotatable bonds is 4. The number of carbonyl (C=O) groups is 2. The molecule has 0 spiro atoms. The highest BCUT2D eigenvalue weighted by molar-refractivity contribution is 5.74. The Labute approximate surface area is 182 Å². The lowest BCUT2D eigenvalue weighted by atomic mass is 9.46. The molecule has 5 fully saturated rings. The molecule has 5 aliphatic rings. The van der Waals surface area contributed by atoms with Crippen LogP contribution in [-0.2, 0) is 19.1 Å². The average Bonchev–Trinajstić information content (AvgIpc) is 2.70. The molecular formula is C26H42O4. The lowest BCUT2D eigenvalue weighted by Gasteiger charge is -2.62. The summed E-state index contributed by atoms with van der Waals surface area (Å²) in [6.45, 7) is 9.18. The van der Waals surface area contributed by atoms with Crippen LogP contribution in [0.2, 0.25) is 0 Å². The maximum Gasteiger partial charge on any atom is 0.309 e. The van der Waals surface area contributed by atoms with Gasteiger partial charge in [0, 0.05) is 11.3 Å². The first kappa shape index (κ1) is 22.1. The minimum absolute atomic E-state index is 0.0279. The number of esters is 2. The predicted octanol–water partition coefficient (Wildman–Crippen LogP) is 6.06. The molecule has 4 nitrogen and oxygen atoms in total. The Bertz CT molecular complexity index is 643. The first-order valence-corrected chi connectivity index (χ1v) is 12.6. The van der Waals surface area contributed by atoms with E-state index in [4.69, 9.17) is 9.47 Å². The molecule has 170 valence electrons. The number of hydrogen-bond acceptors (Lipinski definition) is 4. The fourth-order valence-electron chi connectivity index (χ4n) is 7.91. The van der Waals surface area contributed by atoms with Gasteiger partial charge in [0.1, 0.15) is 12.2 Å². The van der Waals surface area contributed by atoms with Gasteiger partial charge in [-0.3, -0.25) is 9.59 Å². The van der Waals surface area contributed by atoms with Gasteiger partial charge in [0.05, 0.1) is 11.8 Å². The van der Waals surface area contributed by atoms with Gasteiger partial charge in [-0.25, -0.2) is 0 Å². The Hall–Kier alpha value is -1.06. The number of hydrogen-bond donors (Lipinski definition) is 0. The smallest absolute Gasteiger partial charge is 0.309 e.